The number of benzene rings is 2. The molecule has 100 valence electrons. The highest BCUT2D eigenvalue weighted by Gasteiger charge is 2.08. The molecule has 0 amide bonds. The molecule has 0 aliphatic carbocycles. The van der Waals surface area contributed by atoms with Gasteiger partial charge in [0.1, 0.15) is 0 Å². The standard InChI is InChI=1S/C16H17ClOS/c1-10-4-6-15(11(2)8-10)19-16-7-5-13(12(3)18)9-14(16)17/h4-9,12,18H,1-3H3/t12-/m0/s1. The summed E-state index contributed by atoms with van der Waals surface area (Å²) >= 11 is 7.93. The summed E-state index contributed by atoms with van der Waals surface area (Å²) in [5, 5.41) is 10.2. The van der Waals surface area contributed by atoms with Gasteiger partial charge in [0.2, 0.25) is 0 Å². The third kappa shape index (κ3) is 3.53. The van der Waals surface area contributed by atoms with Crippen molar-refractivity contribution in [2.45, 2.75) is 36.7 Å². The molecule has 0 radical (unpaired) electrons. The average Bonchev–Trinajstić information content (AvgIpc) is 2.34. The molecule has 3 heteroatoms. The van der Waals surface area contributed by atoms with Crippen LogP contribution in [0.1, 0.15) is 29.7 Å². The molecule has 2 aromatic carbocycles. The zero-order chi connectivity index (χ0) is 14.0. The third-order valence-electron chi connectivity index (χ3n) is 2.99. The first-order valence-corrected chi connectivity index (χ1v) is 7.39. The topological polar surface area (TPSA) is 20.2 Å². The van der Waals surface area contributed by atoms with Gasteiger partial charge in [-0.15, -0.1) is 0 Å². The molecule has 2 aromatic rings. The molecule has 1 atom stereocenters. The average molecular weight is 293 g/mol. The lowest BCUT2D eigenvalue weighted by Gasteiger charge is -2.10. The van der Waals surface area contributed by atoms with Crippen LogP contribution >= 0.6 is 23.4 Å². The van der Waals surface area contributed by atoms with Crippen LogP contribution in [-0.4, -0.2) is 5.11 Å². The van der Waals surface area contributed by atoms with Gasteiger partial charge in [0, 0.05) is 9.79 Å². The van der Waals surface area contributed by atoms with Gasteiger partial charge in [0.15, 0.2) is 0 Å². The van der Waals surface area contributed by atoms with Crippen LogP contribution in [0, 0.1) is 13.8 Å². The Labute approximate surface area is 123 Å². The van der Waals surface area contributed by atoms with Gasteiger partial charge in [-0.05, 0) is 50.1 Å². The Morgan fingerprint density at radius 3 is 2.32 bits per heavy atom. The van der Waals surface area contributed by atoms with E-state index >= 15 is 0 Å². The van der Waals surface area contributed by atoms with Crippen LogP contribution in [0.3, 0.4) is 0 Å². The quantitative estimate of drug-likeness (QED) is 0.843. The van der Waals surface area contributed by atoms with Gasteiger partial charge in [-0.1, -0.05) is 47.1 Å². The van der Waals surface area contributed by atoms with Crippen LogP contribution in [-0.2, 0) is 0 Å². The van der Waals surface area contributed by atoms with Crippen molar-refractivity contribution in [2.75, 3.05) is 0 Å². The molecule has 0 unspecified atom stereocenters. The van der Waals surface area contributed by atoms with Gasteiger partial charge < -0.3 is 5.11 Å². The third-order valence-corrected chi connectivity index (χ3v) is 4.67. The smallest absolute Gasteiger partial charge is 0.0762 e. The highest BCUT2D eigenvalue weighted by atomic mass is 35.5. The Hall–Kier alpha value is -0.960. The maximum absolute atomic E-state index is 9.54. The van der Waals surface area contributed by atoms with Crippen LogP contribution in [0.15, 0.2) is 46.2 Å². The molecule has 19 heavy (non-hydrogen) atoms. The maximum atomic E-state index is 9.54. The number of halogens is 1. The molecule has 0 bridgehead atoms. The van der Waals surface area contributed by atoms with Crippen LogP contribution in [0.25, 0.3) is 0 Å². The molecule has 0 fully saturated rings. The molecule has 1 N–H and O–H groups in total. The number of aliphatic hydroxyl groups excluding tert-OH is 1. The number of rotatable bonds is 3. The van der Waals surface area contributed by atoms with E-state index in [1.165, 1.54) is 16.0 Å². The SMILES string of the molecule is Cc1ccc(Sc2ccc([C@H](C)O)cc2Cl)c(C)c1. The molecule has 0 aromatic heterocycles. The fraction of sp³-hybridized carbons (Fsp3) is 0.250. The van der Waals surface area contributed by atoms with Crippen molar-refractivity contribution < 1.29 is 5.11 Å². The molecule has 0 saturated heterocycles. The van der Waals surface area contributed by atoms with E-state index in [4.69, 9.17) is 11.6 Å². The monoisotopic (exact) mass is 292 g/mol. The first kappa shape index (κ1) is 14.4. The van der Waals surface area contributed by atoms with Gasteiger partial charge in [0.05, 0.1) is 11.1 Å². The fourth-order valence-corrected chi connectivity index (χ4v) is 3.08. The van der Waals surface area contributed by atoms with Crippen LogP contribution in [0.5, 0.6) is 0 Å². The minimum atomic E-state index is -0.488. The second kappa shape index (κ2) is 6.00. The van der Waals surface area contributed by atoms with E-state index in [0.29, 0.717) is 5.02 Å². The molecular formula is C16H17ClOS. The van der Waals surface area contributed by atoms with Gasteiger partial charge in [-0.3, -0.25) is 0 Å². The molecule has 2 rings (SSSR count). The van der Waals surface area contributed by atoms with E-state index in [0.717, 1.165) is 10.5 Å². The molecule has 0 aliphatic heterocycles. The lowest BCUT2D eigenvalue weighted by atomic mass is 10.1. The van der Waals surface area contributed by atoms with E-state index in [9.17, 15) is 5.11 Å². The van der Waals surface area contributed by atoms with Gasteiger partial charge in [-0.25, -0.2) is 0 Å². The van der Waals surface area contributed by atoms with E-state index in [-0.39, 0.29) is 0 Å². The van der Waals surface area contributed by atoms with Crippen LogP contribution in [0.2, 0.25) is 5.02 Å². The number of hydrogen-bond donors (Lipinski definition) is 1. The minimum absolute atomic E-state index is 0.488. The fourth-order valence-electron chi connectivity index (χ4n) is 1.89. The van der Waals surface area contributed by atoms with Crippen molar-refractivity contribution in [1.82, 2.24) is 0 Å². The van der Waals surface area contributed by atoms with Crippen molar-refractivity contribution >= 4 is 23.4 Å². The summed E-state index contributed by atoms with van der Waals surface area (Å²) in [6.45, 7) is 5.93. The summed E-state index contributed by atoms with van der Waals surface area (Å²) in [4.78, 5) is 2.22. The second-order valence-electron chi connectivity index (χ2n) is 4.74. The summed E-state index contributed by atoms with van der Waals surface area (Å²) in [5.74, 6) is 0. The Balaban J connectivity index is 2.28. The van der Waals surface area contributed by atoms with E-state index < -0.39 is 6.10 Å². The summed E-state index contributed by atoms with van der Waals surface area (Å²) in [6, 6.07) is 12.1. The highest BCUT2D eigenvalue weighted by molar-refractivity contribution is 7.99. The predicted octanol–water partition coefficient (Wildman–Crippen LogP) is 5.16. The minimum Gasteiger partial charge on any atom is -0.389 e. The van der Waals surface area contributed by atoms with Crippen molar-refractivity contribution in [1.29, 1.82) is 0 Å². The normalized spacial score (nSPS) is 12.5. The second-order valence-corrected chi connectivity index (χ2v) is 6.23. The van der Waals surface area contributed by atoms with E-state index in [1.807, 2.05) is 18.2 Å². The van der Waals surface area contributed by atoms with Crippen LogP contribution < -0.4 is 0 Å². The van der Waals surface area contributed by atoms with Gasteiger partial charge >= 0.3 is 0 Å². The summed E-state index contributed by atoms with van der Waals surface area (Å²) in [5.41, 5.74) is 3.35. The van der Waals surface area contributed by atoms with E-state index in [2.05, 4.69) is 32.0 Å². The molecule has 0 aliphatic rings. The lowest BCUT2D eigenvalue weighted by Crippen LogP contribution is -1.91. The molecule has 0 spiro atoms. The molecule has 1 nitrogen and oxygen atoms in total. The summed E-state index contributed by atoms with van der Waals surface area (Å²) in [6.07, 6.45) is -0.488. The predicted molar refractivity (Wildman–Crippen MR) is 82.1 cm³/mol. The Bertz CT molecular complexity index is 593. The molecule has 0 saturated carbocycles. The largest absolute Gasteiger partial charge is 0.389 e. The zero-order valence-electron chi connectivity index (χ0n) is 11.3. The van der Waals surface area contributed by atoms with Crippen molar-refractivity contribution in [2.24, 2.45) is 0 Å². The maximum Gasteiger partial charge on any atom is 0.0762 e. The Kier molecular flexibility index (Phi) is 4.56. The summed E-state index contributed by atoms with van der Waals surface area (Å²) in [7, 11) is 0. The summed E-state index contributed by atoms with van der Waals surface area (Å²) < 4.78 is 0. The first-order chi connectivity index (χ1) is 8.97. The Morgan fingerprint density at radius 2 is 1.74 bits per heavy atom. The van der Waals surface area contributed by atoms with Gasteiger partial charge in [0.25, 0.3) is 0 Å². The van der Waals surface area contributed by atoms with Crippen molar-refractivity contribution in [3.63, 3.8) is 0 Å². The van der Waals surface area contributed by atoms with Crippen LogP contribution in [0.4, 0.5) is 0 Å². The highest BCUT2D eigenvalue weighted by Crippen LogP contribution is 2.36. The first-order valence-electron chi connectivity index (χ1n) is 6.20. The number of aryl methyl sites for hydroxylation is 2. The number of hydrogen-bond acceptors (Lipinski definition) is 2. The number of aliphatic hydroxyl groups is 1. The molecular weight excluding hydrogens is 276 g/mol. The molecule has 0 heterocycles. The van der Waals surface area contributed by atoms with E-state index in [1.54, 1.807) is 18.7 Å². The van der Waals surface area contributed by atoms with Crippen molar-refractivity contribution in [3.8, 4) is 0 Å². The zero-order valence-corrected chi connectivity index (χ0v) is 12.8. The lowest BCUT2D eigenvalue weighted by molar-refractivity contribution is 0.199. The van der Waals surface area contributed by atoms with Gasteiger partial charge in [-0.2, -0.15) is 0 Å². The Morgan fingerprint density at radius 1 is 1.05 bits per heavy atom. The van der Waals surface area contributed by atoms with Crippen molar-refractivity contribution in [3.05, 3.63) is 58.1 Å².